The molecule has 0 radical (unpaired) electrons. The van der Waals surface area contributed by atoms with E-state index in [1.165, 1.54) is 5.56 Å². The first-order valence-corrected chi connectivity index (χ1v) is 8.75. The Morgan fingerprint density at radius 3 is 2.74 bits per heavy atom. The van der Waals surface area contributed by atoms with Crippen LogP contribution in [0.25, 0.3) is 0 Å². The fraction of sp³-hybridized carbons (Fsp3) is 0.632. The van der Waals surface area contributed by atoms with Gasteiger partial charge in [0, 0.05) is 12.2 Å². The molecule has 1 aliphatic rings. The van der Waals surface area contributed by atoms with E-state index in [2.05, 4.69) is 37.1 Å². The second-order valence-electron chi connectivity index (χ2n) is 6.89. The summed E-state index contributed by atoms with van der Waals surface area (Å²) in [6, 6.07) is 7.80. The molecule has 1 fully saturated rings. The second kappa shape index (κ2) is 7.93. The number of aliphatic hydroxyl groups excluding tert-OH is 1. The lowest BCUT2D eigenvalue weighted by molar-refractivity contribution is -0.122. The molecule has 128 valence electrons. The Hall–Kier alpha value is -1.39. The molecule has 1 amide bonds. The van der Waals surface area contributed by atoms with Gasteiger partial charge in [0.05, 0.1) is 12.1 Å². The number of carbonyl (C=O) groups is 1. The molecule has 23 heavy (non-hydrogen) atoms. The van der Waals surface area contributed by atoms with E-state index in [-0.39, 0.29) is 18.1 Å². The van der Waals surface area contributed by atoms with Gasteiger partial charge in [0.25, 0.3) is 0 Å². The number of carbonyl (C=O) groups excluding carboxylic acids is 1. The van der Waals surface area contributed by atoms with Crippen LogP contribution in [0.15, 0.2) is 24.3 Å². The molecule has 1 heterocycles. The van der Waals surface area contributed by atoms with Gasteiger partial charge in [-0.2, -0.15) is 0 Å². The van der Waals surface area contributed by atoms with Crippen molar-refractivity contribution in [3.8, 4) is 0 Å². The Bertz CT molecular complexity index is 532. The molecule has 1 aliphatic heterocycles. The third-order valence-electron chi connectivity index (χ3n) is 5.24. The molecule has 0 aliphatic carbocycles. The summed E-state index contributed by atoms with van der Waals surface area (Å²) in [4.78, 5) is 14.7. The third kappa shape index (κ3) is 4.33. The smallest absolute Gasteiger partial charge is 0.241 e. The highest BCUT2D eigenvalue weighted by molar-refractivity contribution is 5.95. The average Bonchev–Trinajstić information content (AvgIpc) is 2.56. The summed E-state index contributed by atoms with van der Waals surface area (Å²) in [5.74, 6) is 0.731. The zero-order valence-corrected chi connectivity index (χ0v) is 14.7. The van der Waals surface area contributed by atoms with Gasteiger partial charge >= 0.3 is 0 Å². The van der Waals surface area contributed by atoms with Crippen molar-refractivity contribution in [1.82, 2.24) is 4.90 Å². The van der Waals surface area contributed by atoms with Crippen molar-refractivity contribution < 1.29 is 9.90 Å². The lowest BCUT2D eigenvalue weighted by atomic mass is 9.94. The maximum absolute atomic E-state index is 12.6. The number of nitrogens with one attached hydrogen (secondary N) is 1. The SMILES string of the molecule is CCC(C)c1ccccc1NC(=O)C(C)N1CCC(C)C(O)C1. The van der Waals surface area contributed by atoms with Crippen molar-refractivity contribution >= 4 is 11.6 Å². The fourth-order valence-electron chi connectivity index (χ4n) is 3.09. The van der Waals surface area contributed by atoms with Gasteiger partial charge in [-0.3, -0.25) is 9.69 Å². The van der Waals surface area contributed by atoms with Crippen LogP contribution in [0.4, 0.5) is 5.69 Å². The van der Waals surface area contributed by atoms with Crippen molar-refractivity contribution in [2.45, 2.75) is 58.6 Å². The van der Waals surface area contributed by atoms with Gasteiger partial charge < -0.3 is 10.4 Å². The largest absolute Gasteiger partial charge is 0.392 e. The normalized spacial score (nSPS) is 24.9. The van der Waals surface area contributed by atoms with Gasteiger partial charge in [-0.05, 0) is 49.8 Å². The Morgan fingerprint density at radius 2 is 2.09 bits per heavy atom. The lowest BCUT2D eigenvalue weighted by Gasteiger charge is -2.37. The number of anilines is 1. The van der Waals surface area contributed by atoms with Gasteiger partial charge in [-0.1, -0.05) is 39.0 Å². The third-order valence-corrected chi connectivity index (χ3v) is 5.24. The number of aliphatic hydroxyl groups is 1. The predicted octanol–water partition coefficient (Wildman–Crippen LogP) is 3.23. The zero-order chi connectivity index (χ0) is 17.0. The van der Waals surface area contributed by atoms with Crippen molar-refractivity contribution in [2.75, 3.05) is 18.4 Å². The predicted molar refractivity (Wildman–Crippen MR) is 94.6 cm³/mol. The maximum Gasteiger partial charge on any atom is 0.241 e. The summed E-state index contributed by atoms with van der Waals surface area (Å²) in [6.45, 7) is 9.75. The van der Waals surface area contributed by atoms with Crippen LogP contribution in [-0.2, 0) is 4.79 Å². The highest BCUT2D eigenvalue weighted by Gasteiger charge is 2.30. The Kier molecular flexibility index (Phi) is 6.19. The molecule has 0 saturated carbocycles. The molecule has 1 saturated heterocycles. The number of nitrogens with zero attached hydrogens (tertiary/aromatic N) is 1. The molecule has 4 atom stereocenters. The minimum atomic E-state index is -0.341. The minimum Gasteiger partial charge on any atom is -0.392 e. The molecule has 0 bridgehead atoms. The number of benzene rings is 1. The van der Waals surface area contributed by atoms with Crippen molar-refractivity contribution in [1.29, 1.82) is 0 Å². The molecule has 0 spiro atoms. The first-order chi connectivity index (χ1) is 10.9. The van der Waals surface area contributed by atoms with E-state index in [9.17, 15) is 9.90 Å². The molecular formula is C19H30N2O2. The van der Waals surface area contributed by atoms with Gasteiger partial charge in [0.1, 0.15) is 0 Å². The number of amides is 1. The summed E-state index contributed by atoms with van der Waals surface area (Å²) in [5.41, 5.74) is 2.09. The van der Waals surface area contributed by atoms with Gasteiger partial charge in [-0.15, -0.1) is 0 Å². The maximum atomic E-state index is 12.6. The van der Waals surface area contributed by atoms with Crippen LogP contribution in [0.3, 0.4) is 0 Å². The van der Waals surface area contributed by atoms with Crippen LogP contribution in [0.1, 0.15) is 52.0 Å². The highest BCUT2D eigenvalue weighted by Crippen LogP contribution is 2.27. The van der Waals surface area contributed by atoms with Gasteiger partial charge in [0.15, 0.2) is 0 Å². The lowest BCUT2D eigenvalue weighted by Crippen LogP contribution is -2.50. The zero-order valence-electron chi connectivity index (χ0n) is 14.7. The van der Waals surface area contributed by atoms with E-state index < -0.39 is 0 Å². The number of piperidine rings is 1. The highest BCUT2D eigenvalue weighted by atomic mass is 16.3. The van der Waals surface area contributed by atoms with E-state index in [1.54, 1.807) is 0 Å². The van der Waals surface area contributed by atoms with Crippen LogP contribution in [0, 0.1) is 5.92 Å². The van der Waals surface area contributed by atoms with Crippen molar-refractivity contribution in [3.63, 3.8) is 0 Å². The van der Waals surface area contributed by atoms with E-state index in [4.69, 9.17) is 0 Å². The molecular weight excluding hydrogens is 288 g/mol. The standard InChI is InChI=1S/C19H30N2O2/c1-5-13(2)16-8-6-7-9-17(16)20-19(23)15(4)21-11-10-14(3)18(22)12-21/h6-9,13-15,18,22H,5,10-12H2,1-4H3,(H,20,23). The number of para-hydroxylation sites is 1. The van der Waals surface area contributed by atoms with Crippen LogP contribution in [0.2, 0.25) is 0 Å². The number of β-amino-alcohol motifs (C(OH)–C–C–N with tert-alkyl or cyclic N) is 1. The summed E-state index contributed by atoms with van der Waals surface area (Å²) in [7, 11) is 0. The van der Waals surface area contributed by atoms with Gasteiger partial charge in [0.2, 0.25) is 5.91 Å². The van der Waals surface area contributed by atoms with E-state index >= 15 is 0 Å². The van der Waals surface area contributed by atoms with Gasteiger partial charge in [-0.25, -0.2) is 0 Å². The molecule has 4 nitrogen and oxygen atoms in total. The average molecular weight is 318 g/mol. The Labute approximate surface area is 139 Å². The molecule has 4 unspecified atom stereocenters. The fourth-order valence-corrected chi connectivity index (χ4v) is 3.09. The number of hydrogen-bond acceptors (Lipinski definition) is 3. The topological polar surface area (TPSA) is 52.6 Å². The summed E-state index contributed by atoms with van der Waals surface area (Å²) >= 11 is 0. The van der Waals surface area contributed by atoms with E-state index in [0.29, 0.717) is 18.4 Å². The summed E-state index contributed by atoms with van der Waals surface area (Å²) < 4.78 is 0. The molecule has 1 aromatic rings. The Morgan fingerprint density at radius 1 is 1.39 bits per heavy atom. The molecule has 1 aromatic carbocycles. The summed E-state index contributed by atoms with van der Waals surface area (Å²) in [5, 5.41) is 13.1. The molecule has 4 heteroatoms. The monoisotopic (exact) mass is 318 g/mol. The number of likely N-dealkylation sites (tertiary alicyclic amines) is 1. The quantitative estimate of drug-likeness (QED) is 0.876. The summed E-state index contributed by atoms with van der Waals surface area (Å²) in [6.07, 6.45) is 1.63. The number of rotatable bonds is 5. The molecule has 0 aromatic heterocycles. The second-order valence-corrected chi connectivity index (χ2v) is 6.89. The van der Waals surface area contributed by atoms with E-state index in [0.717, 1.165) is 25.1 Å². The van der Waals surface area contributed by atoms with Crippen molar-refractivity contribution in [2.24, 2.45) is 5.92 Å². The van der Waals surface area contributed by atoms with Crippen molar-refractivity contribution in [3.05, 3.63) is 29.8 Å². The van der Waals surface area contributed by atoms with Crippen LogP contribution in [0.5, 0.6) is 0 Å². The number of hydrogen-bond donors (Lipinski definition) is 2. The first kappa shape index (κ1) is 18.0. The van der Waals surface area contributed by atoms with E-state index in [1.807, 2.05) is 25.1 Å². The molecule has 2 rings (SSSR count). The van der Waals surface area contributed by atoms with Crippen LogP contribution >= 0.6 is 0 Å². The minimum absolute atomic E-state index is 0.00232. The first-order valence-electron chi connectivity index (χ1n) is 8.75. The molecule has 2 N–H and O–H groups in total. The van der Waals surface area contributed by atoms with Crippen LogP contribution < -0.4 is 5.32 Å². The Balaban J connectivity index is 2.04. The van der Waals surface area contributed by atoms with Crippen LogP contribution in [-0.4, -0.2) is 41.1 Å².